The van der Waals surface area contributed by atoms with Crippen LogP contribution in [0.15, 0.2) is 29.2 Å². The normalized spacial score (nSPS) is 9.12. The molecule has 0 amide bonds. The van der Waals surface area contributed by atoms with Gasteiger partial charge in [0.2, 0.25) is 0 Å². The molecule has 3 heteroatoms. The molecule has 0 radical (unpaired) electrons. The summed E-state index contributed by atoms with van der Waals surface area (Å²) in [6, 6.07) is 5.02. The van der Waals surface area contributed by atoms with Crippen LogP contribution in [0.1, 0.15) is 0 Å². The molecule has 1 atom stereocenters. The second-order valence-corrected chi connectivity index (χ2v) is 2.00. The van der Waals surface area contributed by atoms with Crippen molar-refractivity contribution >= 4 is 9.39 Å². The fraction of sp³-hybridized carbons (Fsp3) is 0. The van der Waals surface area contributed by atoms with Crippen molar-refractivity contribution in [3.63, 3.8) is 0 Å². The Morgan fingerprint density at radius 3 is 2.62 bits per heavy atom. The summed E-state index contributed by atoms with van der Waals surface area (Å²) in [6.45, 7) is 0. The van der Waals surface area contributed by atoms with Gasteiger partial charge in [0, 0.05) is 12.3 Å². The van der Waals surface area contributed by atoms with Crippen molar-refractivity contribution in [1.29, 1.82) is 0 Å². The molecule has 0 aliphatic heterocycles. The minimum Gasteiger partial charge on any atom is -0.300 e. The van der Waals surface area contributed by atoms with Crippen molar-refractivity contribution in [3.8, 4) is 0 Å². The summed E-state index contributed by atoms with van der Waals surface area (Å²) in [5.41, 5.74) is -0.00231. The molecule has 1 heterocycles. The molecule has 1 rings (SSSR count). The van der Waals surface area contributed by atoms with E-state index in [0.29, 0.717) is 0 Å². The second kappa shape index (κ2) is 2.10. The third-order valence-electron chi connectivity index (χ3n) is 0.851. The molecule has 42 valence electrons. The Morgan fingerprint density at radius 1 is 1.50 bits per heavy atom. The van der Waals surface area contributed by atoms with Gasteiger partial charge in [0.15, 0.2) is 0 Å². The van der Waals surface area contributed by atoms with Crippen LogP contribution >= 0.6 is 9.39 Å². The Morgan fingerprint density at radius 2 is 2.25 bits per heavy atom. The first-order valence-electron chi connectivity index (χ1n) is 2.23. The zero-order valence-electron chi connectivity index (χ0n) is 4.24. The first-order valence-corrected chi connectivity index (χ1v) is 2.75. The average molecular weight is 127 g/mol. The zero-order chi connectivity index (χ0) is 5.98. The first-order chi connectivity index (χ1) is 3.80. The van der Waals surface area contributed by atoms with E-state index in [1.165, 1.54) is 10.4 Å². The van der Waals surface area contributed by atoms with Crippen LogP contribution in [0.5, 0.6) is 0 Å². The van der Waals surface area contributed by atoms with Crippen LogP contribution in [0.25, 0.3) is 0 Å². The molecule has 0 aromatic carbocycles. The summed E-state index contributed by atoms with van der Waals surface area (Å²) >= 11 is 0. The number of rotatable bonds is 0. The zero-order valence-corrected chi connectivity index (χ0v) is 5.40. The number of hydrogen-bond acceptors (Lipinski definition) is 1. The van der Waals surface area contributed by atoms with Gasteiger partial charge in [-0.2, -0.15) is 0 Å². The lowest BCUT2D eigenvalue weighted by Crippen LogP contribution is -2.07. The van der Waals surface area contributed by atoms with Crippen LogP contribution in [0, 0.1) is 0 Å². The molecule has 0 aliphatic rings. The van der Waals surface area contributed by atoms with Crippen molar-refractivity contribution in [2.75, 3.05) is 0 Å². The maximum Gasteiger partial charge on any atom is 0.253 e. The van der Waals surface area contributed by atoms with E-state index >= 15 is 0 Å². The quantitative estimate of drug-likeness (QED) is 0.465. The first kappa shape index (κ1) is 5.52. The lowest BCUT2D eigenvalue weighted by molar-refractivity contribution is 1.15. The van der Waals surface area contributed by atoms with Gasteiger partial charge in [-0.1, -0.05) is 6.07 Å². The highest BCUT2D eigenvalue weighted by Gasteiger charge is 1.79. The van der Waals surface area contributed by atoms with Crippen molar-refractivity contribution in [3.05, 3.63) is 34.7 Å². The predicted molar refractivity (Wildman–Crippen MR) is 35.8 cm³/mol. The maximum atomic E-state index is 10.6. The largest absolute Gasteiger partial charge is 0.300 e. The molecule has 0 saturated carbocycles. The molecule has 2 nitrogen and oxygen atoms in total. The fourth-order valence-electron chi connectivity index (χ4n) is 0.440. The summed E-state index contributed by atoms with van der Waals surface area (Å²) in [7, 11) is 2.29. The van der Waals surface area contributed by atoms with Gasteiger partial charge in [-0.15, -0.1) is 0 Å². The van der Waals surface area contributed by atoms with Crippen LogP contribution in [0.3, 0.4) is 0 Å². The highest BCUT2D eigenvalue weighted by molar-refractivity contribution is 7.14. The SMILES string of the molecule is O=c1ccccn1P. The third-order valence-corrected chi connectivity index (χ3v) is 1.28. The van der Waals surface area contributed by atoms with Gasteiger partial charge < -0.3 is 4.34 Å². The highest BCUT2D eigenvalue weighted by atomic mass is 31.0. The molecule has 0 bridgehead atoms. The molecule has 0 spiro atoms. The van der Waals surface area contributed by atoms with Crippen molar-refractivity contribution < 1.29 is 0 Å². The molecule has 8 heavy (non-hydrogen) atoms. The van der Waals surface area contributed by atoms with E-state index in [9.17, 15) is 4.79 Å². The number of nitrogens with zero attached hydrogens (tertiary/aromatic N) is 1. The molecular formula is C5H6NOP. The Labute approximate surface area is 49.4 Å². The minimum atomic E-state index is -0.00231. The van der Waals surface area contributed by atoms with Crippen LogP contribution < -0.4 is 5.56 Å². The summed E-state index contributed by atoms with van der Waals surface area (Å²) in [5, 5.41) is 0. The summed E-state index contributed by atoms with van der Waals surface area (Å²) in [4.78, 5) is 10.6. The van der Waals surface area contributed by atoms with Crippen LogP contribution in [-0.2, 0) is 0 Å². The Kier molecular flexibility index (Phi) is 1.45. The number of aromatic nitrogens is 1. The van der Waals surface area contributed by atoms with Crippen LogP contribution in [0.2, 0.25) is 0 Å². The monoisotopic (exact) mass is 127 g/mol. The maximum absolute atomic E-state index is 10.6. The highest BCUT2D eigenvalue weighted by Crippen LogP contribution is 1.84. The van der Waals surface area contributed by atoms with E-state index in [4.69, 9.17) is 0 Å². The van der Waals surface area contributed by atoms with Gasteiger partial charge in [-0.25, -0.2) is 0 Å². The van der Waals surface area contributed by atoms with Crippen molar-refractivity contribution in [2.24, 2.45) is 0 Å². The van der Waals surface area contributed by atoms with Crippen LogP contribution in [-0.4, -0.2) is 4.34 Å². The lowest BCUT2D eigenvalue weighted by Gasteiger charge is -1.88. The standard InChI is InChI=1S/C5H6NOP/c7-5-3-1-2-4-6(5)8/h1-4H,8H2. The summed E-state index contributed by atoms with van der Waals surface area (Å²) in [5.74, 6) is 0. The minimum absolute atomic E-state index is 0.00231. The molecule has 1 unspecified atom stereocenters. The van der Waals surface area contributed by atoms with E-state index in [1.807, 2.05) is 0 Å². The van der Waals surface area contributed by atoms with E-state index in [-0.39, 0.29) is 5.56 Å². The molecule has 1 aromatic heterocycles. The van der Waals surface area contributed by atoms with E-state index in [2.05, 4.69) is 9.39 Å². The van der Waals surface area contributed by atoms with Gasteiger partial charge in [-0.05, 0) is 15.5 Å². The fourth-order valence-corrected chi connectivity index (χ4v) is 0.625. The molecule has 0 aliphatic carbocycles. The molecular weight excluding hydrogens is 121 g/mol. The van der Waals surface area contributed by atoms with Crippen LogP contribution in [0.4, 0.5) is 0 Å². The summed E-state index contributed by atoms with van der Waals surface area (Å²) in [6.07, 6.45) is 1.69. The van der Waals surface area contributed by atoms with Gasteiger partial charge in [0.05, 0.1) is 0 Å². The smallest absolute Gasteiger partial charge is 0.253 e. The third kappa shape index (κ3) is 0.958. The van der Waals surface area contributed by atoms with Gasteiger partial charge in [0.1, 0.15) is 0 Å². The predicted octanol–water partition coefficient (Wildman–Crippen LogP) is 0.486. The number of pyridine rings is 1. The Balaban J connectivity index is 3.35. The Bertz CT molecular complexity index is 230. The second-order valence-electron chi connectivity index (χ2n) is 1.45. The molecule has 0 N–H and O–H groups in total. The number of hydrogen-bond donors (Lipinski definition) is 0. The van der Waals surface area contributed by atoms with E-state index < -0.39 is 0 Å². The lowest BCUT2D eigenvalue weighted by atomic mass is 10.5. The van der Waals surface area contributed by atoms with E-state index in [0.717, 1.165) is 0 Å². The van der Waals surface area contributed by atoms with E-state index in [1.54, 1.807) is 18.3 Å². The average Bonchev–Trinajstić information content (AvgIpc) is 1.77. The Hall–Kier alpha value is -0.620. The van der Waals surface area contributed by atoms with Crippen molar-refractivity contribution in [1.82, 2.24) is 4.34 Å². The van der Waals surface area contributed by atoms with Crippen molar-refractivity contribution in [2.45, 2.75) is 0 Å². The molecule has 0 fully saturated rings. The van der Waals surface area contributed by atoms with Gasteiger partial charge in [0.25, 0.3) is 5.56 Å². The topological polar surface area (TPSA) is 22.0 Å². The molecule has 1 aromatic rings. The summed E-state index contributed by atoms with van der Waals surface area (Å²) < 4.78 is 1.44. The van der Waals surface area contributed by atoms with Gasteiger partial charge in [-0.3, -0.25) is 4.79 Å². The van der Waals surface area contributed by atoms with Gasteiger partial charge >= 0.3 is 0 Å². The molecule has 0 saturated heterocycles.